The number of aromatic nitrogens is 1. The Bertz CT molecular complexity index is 1270. The number of nitrogens with zero attached hydrogens (tertiary/aromatic N) is 2. The highest BCUT2D eigenvalue weighted by molar-refractivity contribution is 7.91. The van der Waals surface area contributed by atoms with Crippen molar-refractivity contribution in [1.29, 1.82) is 0 Å². The van der Waals surface area contributed by atoms with Crippen LogP contribution in [0.5, 0.6) is 0 Å². The smallest absolute Gasteiger partial charge is 0.268 e. The Morgan fingerprint density at radius 2 is 1.63 bits per heavy atom. The SMILES string of the molecule is CCCS(=O)(=O)c1cccc(S(=O)(=O)n2ccc3c(N4CCNCC4)cccc32)c1. The Balaban J connectivity index is 1.79. The van der Waals surface area contributed by atoms with Gasteiger partial charge in [-0.2, -0.15) is 0 Å². The molecule has 4 rings (SSSR count). The topological polar surface area (TPSA) is 88.5 Å². The molecule has 1 aliphatic heterocycles. The van der Waals surface area contributed by atoms with Crippen LogP contribution >= 0.6 is 0 Å². The number of hydrogen-bond donors (Lipinski definition) is 1. The van der Waals surface area contributed by atoms with Gasteiger partial charge in [0.2, 0.25) is 0 Å². The molecule has 1 aromatic heterocycles. The van der Waals surface area contributed by atoms with E-state index in [9.17, 15) is 16.8 Å². The summed E-state index contributed by atoms with van der Waals surface area (Å²) in [5.41, 5.74) is 1.58. The molecule has 160 valence electrons. The predicted molar refractivity (Wildman–Crippen MR) is 118 cm³/mol. The van der Waals surface area contributed by atoms with E-state index in [1.807, 2.05) is 18.2 Å². The van der Waals surface area contributed by atoms with E-state index < -0.39 is 19.9 Å². The lowest BCUT2D eigenvalue weighted by Gasteiger charge is -2.30. The second kappa shape index (κ2) is 8.05. The van der Waals surface area contributed by atoms with Crippen molar-refractivity contribution in [3.05, 3.63) is 54.7 Å². The molecule has 1 fully saturated rings. The van der Waals surface area contributed by atoms with Crippen LogP contribution in [0.15, 0.2) is 64.5 Å². The zero-order valence-electron chi connectivity index (χ0n) is 16.8. The number of hydrogen-bond acceptors (Lipinski definition) is 6. The Kier molecular flexibility index (Phi) is 5.61. The molecule has 0 spiro atoms. The molecule has 2 aromatic carbocycles. The highest BCUT2D eigenvalue weighted by Crippen LogP contribution is 2.31. The summed E-state index contributed by atoms with van der Waals surface area (Å²) in [6.45, 7) is 5.26. The monoisotopic (exact) mass is 447 g/mol. The Labute approximate surface area is 177 Å². The van der Waals surface area contributed by atoms with Gasteiger partial charge in [-0.15, -0.1) is 0 Å². The van der Waals surface area contributed by atoms with Crippen LogP contribution in [-0.2, 0) is 19.9 Å². The van der Waals surface area contributed by atoms with Crippen LogP contribution in [0.3, 0.4) is 0 Å². The van der Waals surface area contributed by atoms with Gasteiger partial charge >= 0.3 is 0 Å². The maximum atomic E-state index is 13.4. The molecule has 1 N–H and O–H groups in total. The van der Waals surface area contributed by atoms with Crippen LogP contribution in [-0.4, -0.2) is 52.7 Å². The predicted octanol–water partition coefficient (Wildman–Crippen LogP) is 2.47. The van der Waals surface area contributed by atoms with Gasteiger partial charge in [0, 0.05) is 43.4 Å². The van der Waals surface area contributed by atoms with Gasteiger partial charge in [-0.1, -0.05) is 19.1 Å². The first-order valence-corrected chi connectivity index (χ1v) is 13.1. The van der Waals surface area contributed by atoms with Gasteiger partial charge in [0.15, 0.2) is 9.84 Å². The highest BCUT2D eigenvalue weighted by Gasteiger charge is 2.23. The van der Waals surface area contributed by atoms with Crippen molar-refractivity contribution in [2.45, 2.75) is 23.1 Å². The van der Waals surface area contributed by atoms with Crippen molar-refractivity contribution in [2.75, 3.05) is 36.8 Å². The van der Waals surface area contributed by atoms with Gasteiger partial charge in [0.05, 0.1) is 21.1 Å². The van der Waals surface area contributed by atoms with E-state index in [1.54, 1.807) is 19.2 Å². The van der Waals surface area contributed by atoms with Crippen LogP contribution in [0.4, 0.5) is 5.69 Å². The van der Waals surface area contributed by atoms with Crippen LogP contribution in [0.1, 0.15) is 13.3 Å². The number of anilines is 1. The molecule has 2 heterocycles. The van der Waals surface area contributed by atoms with Crippen LogP contribution < -0.4 is 10.2 Å². The molecule has 9 heteroatoms. The summed E-state index contributed by atoms with van der Waals surface area (Å²) in [6, 6.07) is 13.1. The fourth-order valence-electron chi connectivity index (χ4n) is 3.85. The molecule has 0 bridgehead atoms. The van der Waals surface area contributed by atoms with E-state index in [0.717, 1.165) is 37.3 Å². The average Bonchev–Trinajstić information content (AvgIpc) is 3.19. The van der Waals surface area contributed by atoms with Gasteiger partial charge in [-0.25, -0.2) is 20.8 Å². The molecule has 1 aliphatic rings. The zero-order chi connectivity index (χ0) is 21.4. The normalized spacial score (nSPS) is 15.6. The summed E-state index contributed by atoms with van der Waals surface area (Å²) in [5.74, 6) is -0.0169. The first-order valence-electron chi connectivity index (χ1n) is 9.99. The minimum Gasteiger partial charge on any atom is -0.368 e. The van der Waals surface area contributed by atoms with Crippen molar-refractivity contribution in [2.24, 2.45) is 0 Å². The van der Waals surface area contributed by atoms with E-state index in [1.165, 1.54) is 28.2 Å². The summed E-state index contributed by atoms with van der Waals surface area (Å²) < 4.78 is 52.8. The molecule has 0 aliphatic carbocycles. The molecular formula is C21H25N3O4S2. The standard InChI is InChI=1S/C21H25N3O4S2/c1-2-15-29(25,26)17-5-3-6-18(16-17)30(27,28)24-12-9-19-20(7-4-8-21(19)24)23-13-10-22-11-14-23/h3-9,12,16,22H,2,10-11,13-15H2,1H3. The number of nitrogens with one attached hydrogen (secondary N) is 1. The van der Waals surface area contributed by atoms with Crippen molar-refractivity contribution in [1.82, 2.24) is 9.29 Å². The number of piperazine rings is 1. The molecule has 3 aromatic rings. The lowest BCUT2D eigenvalue weighted by molar-refractivity contribution is 0.588. The molecule has 7 nitrogen and oxygen atoms in total. The molecule has 0 unspecified atom stereocenters. The second-order valence-corrected chi connectivity index (χ2v) is 11.3. The summed E-state index contributed by atoms with van der Waals surface area (Å²) in [4.78, 5) is 2.24. The summed E-state index contributed by atoms with van der Waals surface area (Å²) >= 11 is 0. The van der Waals surface area contributed by atoms with Crippen LogP contribution in [0.2, 0.25) is 0 Å². The summed E-state index contributed by atoms with van der Waals surface area (Å²) in [7, 11) is -7.46. The van der Waals surface area contributed by atoms with E-state index in [2.05, 4.69) is 10.2 Å². The maximum absolute atomic E-state index is 13.4. The third kappa shape index (κ3) is 3.73. The lowest BCUT2D eigenvalue weighted by Crippen LogP contribution is -2.43. The Morgan fingerprint density at radius 3 is 2.37 bits per heavy atom. The minimum absolute atomic E-state index is 0.0169. The molecule has 30 heavy (non-hydrogen) atoms. The molecule has 1 saturated heterocycles. The Hall–Kier alpha value is -2.36. The lowest BCUT2D eigenvalue weighted by atomic mass is 10.2. The molecule has 0 saturated carbocycles. The number of fused-ring (bicyclic) bond motifs is 1. The van der Waals surface area contributed by atoms with Gasteiger partial charge in [0.25, 0.3) is 10.0 Å². The first-order chi connectivity index (χ1) is 14.3. The fraction of sp³-hybridized carbons (Fsp3) is 0.333. The molecule has 0 radical (unpaired) electrons. The largest absolute Gasteiger partial charge is 0.368 e. The summed E-state index contributed by atoms with van der Waals surface area (Å²) in [5, 5.41) is 4.18. The third-order valence-corrected chi connectivity index (χ3v) is 8.93. The molecular weight excluding hydrogens is 422 g/mol. The number of rotatable bonds is 6. The molecule has 0 amide bonds. The van der Waals surface area contributed by atoms with Crippen molar-refractivity contribution < 1.29 is 16.8 Å². The van der Waals surface area contributed by atoms with E-state index in [-0.39, 0.29) is 15.5 Å². The molecule has 0 atom stereocenters. The van der Waals surface area contributed by atoms with Gasteiger partial charge < -0.3 is 10.2 Å². The van der Waals surface area contributed by atoms with Crippen molar-refractivity contribution in [3.8, 4) is 0 Å². The van der Waals surface area contributed by atoms with Crippen LogP contribution in [0.25, 0.3) is 10.9 Å². The van der Waals surface area contributed by atoms with Gasteiger partial charge in [-0.3, -0.25) is 0 Å². The van der Waals surface area contributed by atoms with E-state index in [4.69, 9.17) is 0 Å². The van der Waals surface area contributed by atoms with Crippen molar-refractivity contribution >= 4 is 36.5 Å². The zero-order valence-corrected chi connectivity index (χ0v) is 18.4. The number of benzene rings is 2. The maximum Gasteiger partial charge on any atom is 0.268 e. The van der Waals surface area contributed by atoms with Crippen LogP contribution in [0, 0.1) is 0 Å². The Morgan fingerprint density at radius 1 is 0.933 bits per heavy atom. The average molecular weight is 448 g/mol. The van der Waals surface area contributed by atoms with Gasteiger partial charge in [-0.05, 0) is 42.8 Å². The van der Waals surface area contributed by atoms with Gasteiger partial charge in [0.1, 0.15) is 0 Å². The van der Waals surface area contributed by atoms with Crippen molar-refractivity contribution in [3.63, 3.8) is 0 Å². The number of sulfone groups is 1. The quantitative estimate of drug-likeness (QED) is 0.625. The minimum atomic E-state index is -3.95. The first kappa shape index (κ1) is 20.9. The highest BCUT2D eigenvalue weighted by atomic mass is 32.2. The summed E-state index contributed by atoms with van der Waals surface area (Å²) in [6.07, 6.45) is 2.01. The fourth-order valence-corrected chi connectivity index (χ4v) is 6.68. The third-order valence-electron chi connectivity index (χ3n) is 5.33. The van der Waals surface area contributed by atoms with E-state index in [0.29, 0.717) is 11.9 Å². The second-order valence-electron chi connectivity index (χ2n) is 7.36. The van der Waals surface area contributed by atoms with E-state index >= 15 is 0 Å².